The van der Waals surface area contributed by atoms with E-state index in [1.807, 2.05) is 30.3 Å². The Morgan fingerprint density at radius 1 is 1.14 bits per heavy atom. The van der Waals surface area contributed by atoms with Gasteiger partial charge in [0.2, 0.25) is 0 Å². The molecule has 6 nitrogen and oxygen atoms in total. The molecule has 0 N–H and O–H groups in total. The van der Waals surface area contributed by atoms with Crippen molar-refractivity contribution in [3.63, 3.8) is 0 Å². The van der Waals surface area contributed by atoms with E-state index in [9.17, 15) is 4.79 Å². The number of rotatable bonds is 4. The summed E-state index contributed by atoms with van der Waals surface area (Å²) in [5.74, 6) is -0.00439. The molecule has 0 radical (unpaired) electrons. The molecule has 0 spiro atoms. The second-order valence-corrected chi connectivity index (χ2v) is 4.26. The highest BCUT2D eigenvalue weighted by atomic mass is 16.5. The molecule has 0 aliphatic heterocycles. The van der Waals surface area contributed by atoms with Crippen molar-refractivity contribution in [2.75, 3.05) is 0 Å². The van der Waals surface area contributed by atoms with Crippen molar-refractivity contribution >= 4 is 5.97 Å². The van der Waals surface area contributed by atoms with Gasteiger partial charge in [-0.25, -0.2) is 14.5 Å². The molecule has 0 aliphatic carbocycles. The molecule has 0 saturated heterocycles. The molecule has 0 saturated carbocycles. The SMILES string of the molecule is O=C(OCc1ncn(-c2ccccc2)n1)c1cccnc1. The van der Waals surface area contributed by atoms with Gasteiger partial charge >= 0.3 is 5.97 Å². The molecule has 0 fully saturated rings. The molecule has 2 heterocycles. The molecular formula is C15H12N4O2. The van der Waals surface area contributed by atoms with Crippen molar-refractivity contribution in [2.45, 2.75) is 6.61 Å². The predicted molar refractivity (Wildman–Crippen MR) is 74.7 cm³/mol. The number of benzene rings is 1. The van der Waals surface area contributed by atoms with Gasteiger partial charge in [0, 0.05) is 12.4 Å². The van der Waals surface area contributed by atoms with E-state index in [0.29, 0.717) is 11.4 Å². The maximum Gasteiger partial charge on any atom is 0.340 e. The second kappa shape index (κ2) is 5.96. The van der Waals surface area contributed by atoms with Crippen LogP contribution in [0.15, 0.2) is 61.2 Å². The number of nitrogens with zero attached hydrogens (tertiary/aromatic N) is 4. The van der Waals surface area contributed by atoms with Crippen LogP contribution in [0.1, 0.15) is 16.2 Å². The van der Waals surface area contributed by atoms with Gasteiger partial charge in [0.05, 0.1) is 11.3 Å². The van der Waals surface area contributed by atoms with Crippen LogP contribution in [-0.2, 0) is 11.3 Å². The Bertz CT molecular complexity index is 726. The molecule has 3 aromatic rings. The molecule has 0 bridgehead atoms. The Kier molecular flexibility index (Phi) is 3.68. The van der Waals surface area contributed by atoms with Crippen molar-refractivity contribution < 1.29 is 9.53 Å². The normalized spacial score (nSPS) is 10.3. The number of carbonyl (C=O) groups is 1. The van der Waals surface area contributed by atoms with E-state index in [1.54, 1.807) is 29.3 Å². The lowest BCUT2D eigenvalue weighted by Crippen LogP contribution is -2.06. The third-order valence-corrected chi connectivity index (χ3v) is 2.79. The predicted octanol–water partition coefficient (Wildman–Crippen LogP) is 2.02. The lowest BCUT2D eigenvalue weighted by atomic mass is 10.3. The van der Waals surface area contributed by atoms with Crippen LogP contribution in [-0.4, -0.2) is 25.7 Å². The van der Waals surface area contributed by atoms with Crippen LogP contribution in [0.3, 0.4) is 0 Å². The minimum atomic E-state index is -0.445. The van der Waals surface area contributed by atoms with Gasteiger partial charge in [0.25, 0.3) is 0 Å². The van der Waals surface area contributed by atoms with Crippen LogP contribution in [0.2, 0.25) is 0 Å². The van der Waals surface area contributed by atoms with Gasteiger partial charge in [-0.1, -0.05) is 18.2 Å². The summed E-state index contributed by atoms with van der Waals surface area (Å²) >= 11 is 0. The second-order valence-electron chi connectivity index (χ2n) is 4.26. The summed E-state index contributed by atoms with van der Waals surface area (Å²) in [4.78, 5) is 19.8. The van der Waals surface area contributed by atoms with E-state index in [4.69, 9.17) is 4.74 Å². The van der Waals surface area contributed by atoms with E-state index < -0.39 is 5.97 Å². The average Bonchev–Trinajstić information content (AvgIpc) is 3.03. The number of carbonyl (C=O) groups excluding carboxylic acids is 1. The molecule has 2 aromatic heterocycles. The third kappa shape index (κ3) is 3.11. The van der Waals surface area contributed by atoms with Crippen molar-refractivity contribution in [3.05, 3.63) is 72.6 Å². The first kappa shape index (κ1) is 13.0. The molecule has 0 atom stereocenters. The maximum absolute atomic E-state index is 11.8. The fraction of sp³-hybridized carbons (Fsp3) is 0.0667. The highest BCUT2D eigenvalue weighted by Crippen LogP contribution is 2.06. The van der Waals surface area contributed by atoms with Crippen molar-refractivity contribution in [3.8, 4) is 5.69 Å². The Labute approximate surface area is 121 Å². The smallest absolute Gasteiger partial charge is 0.340 e. The summed E-state index contributed by atoms with van der Waals surface area (Å²) in [5, 5.41) is 4.26. The monoisotopic (exact) mass is 280 g/mol. The topological polar surface area (TPSA) is 69.9 Å². The molecule has 0 unspecified atom stereocenters. The zero-order valence-electron chi connectivity index (χ0n) is 11.1. The zero-order valence-corrected chi connectivity index (χ0v) is 11.1. The van der Waals surface area contributed by atoms with Crippen LogP contribution in [0.5, 0.6) is 0 Å². The van der Waals surface area contributed by atoms with Crippen molar-refractivity contribution in [1.82, 2.24) is 19.7 Å². The van der Waals surface area contributed by atoms with Crippen LogP contribution >= 0.6 is 0 Å². The number of aromatic nitrogens is 4. The number of hydrogen-bond donors (Lipinski definition) is 0. The van der Waals surface area contributed by atoms with Crippen molar-refractivity contribution in [2.24, 2.45) is 0 Å². The molecule has 3 rings (SSSR count). The lowest BCUT2D eigenvalue weighted by molar-refractivity contribution is 0.0462. The first-order valence-electron chi connectivity index (χ1n) is 6.36. The molecule has 1 aromatic carbocycles. The van der Waals surface area contributed by atoms with E-state index in [-0.39, 0.29) is 6.61 Å². The number of para-hydroxylation sites is 1. The average molecular weight is 280 g/mol. The molecule has 104 valence electrons. The number of hydrogen-bond acceptors (Lipinski definition) is 5. The maximum atomic E-state index is 11.8. The summed E-state index contributed by atoms with van der Waals surface area (Å²) in [6.45, 7) is 0.0214. The molecule has 0 aliphatic rings. The lowest BCUT2D eigenvalue weighted by Gasteiger charge is -2.01. The highest BCUT2D eigenvalue weighted by Gasteiger charge is 2.09. The fourth-order valence-electron chi connectivity index (χ4n) is 1.77. The summed E-state index contributed by atoms with van der Waals surface area (Å²) in [6.07, 6.45) is 4.64. The van der Waals surface area contributed by atoms with Gasteiger partial charge in [0.15, 0.2) is 12.4 Å². The first-order valence-corrected chi connectivity index (χ1v) is 6.36. The quantitative estimate of drug-likeness (QED) is 0.684. The first-order chi connectivity index (χ1) is 10.3. The number of ether oxygens (including phenoxy) is 1. The summed E-state index contributed by atoms with van der Waals surface area (Å²) in [5.41, 5.74) is 1.30. The van der Waals surface area contributed by atoms with Crippen LogP contribution < -0.4 is 0 Å². The Morgan fingerprint density at radius 2 is 2.00 bits per heavy atom. The molecular weight excluding hydrogens is 268 g/mol. The Hall–Kier alpha value is -3.02. The Balaban J connectivity index is 1.64. The van der Waals surface area contributed by atoms with Crippen LogP contribution in [0.25, 0.3) is 5.69 Å². The summed E-state index contributed by atoms with van der Waals surface area (Å²) in [7, 11) is 0. The molecule has 0 amide bonds. The largest absolute Gasteiger partial charge is 0.454 e. The summed E-state index contributed by atoms with van der Waals surface area (Å²) < 4.78 is 6.78. The van der Waals surface area contributed by atoms with Gasteiger partial charge in [0.1, 0.15) is 6.33 Å². The number of pyridine rings is 1. The number of esters is 1. The van der Waals surface area contributed by atoms with Gasteiger partial charge in [-0.05, 0) is 24.3 Å². The van der Waals surface area contributed by atoms with Crippen LogP contribution in [0, 0.1) is 0 Å². The molecule has 21 heavy (non-hydrogen) atoms. The highest BCUT2D eigenvalue weighted by molar-refractivity contribution is 5.88. The van der Waals surface area contributed by atoms with Gasteiger partial charge in [-0.15, -0.1) is 5.10 Å². The fourth-order valence-corrected chi connectivity index (χ4v) is 1.77. The van der Waals surface area contributed by atoms with E-state index >= 15 is 0 Å². The zero-order chi connectivity index (χ0) is 14.5. The standard InChI is InChI=1S/C15H12N4O2/c20-15(12-5-4-8-16-9-12)21-10-14-17-11-19(18-14)13-6-2-1-3-7-13/h1-9,11H,10H2. The van der Waals surface area contributed by atoms with Crippen molar-refractivity contribution in [1.29, 1.82) is 0 Å². The minimum absolute atomic E-state index is 0.0214. The van der Waals surface area contributed by atoms with Gasteiger partial charge in [-0.3, -0.25) is 4.98 Å². The van der Waals surface area contributed by atoms with E-state index in [0.717, 1.165) is 5.69 Å². The van der Waals surface area contributed by atoms with E-state index in [1.165, 1.54) is 6.20 Å². The minimum Gasteiger partial charge on any atom is -0.454 e. The van der Waals surface area contributed by atoms with Gasteiger partial charge < -0.3 is 4.74 Å². The van der Waals surface area contributed by atoms with E-state index in [2.05, 4.69) is 15.1 Å². The third-order valence-electron chi connectivity index (χ3n) is 2.79. The van der Waals surface area contributed by atoms with Gasteiger partial charge in [-0.2, -0.15) is 0 Å². The van der Waals surface area contributed by atoms with Crippen LogP contribution in [0.4, 0.5) is 0 Å². The Morgan fingerprint density at radius 3 is 2.76 bits per heavy atom. The summed E-state index contributed by atoms with van der Waals surface area (Å²) in [6, 6.07) is 12.9. The molecule has 6 heteroatoms.